The summed E-state index contributed by atoms with van der Waals surface area (Å²) < 4.78 is 24.7. The molecule has 0 atom stereocenters. The predicted octanol–water partition coefficient (Wildman–Crippen LogP) is 10.3. The Labute approximate surface area is 289 Å². The molecular weight excluding hydrogens is 767 g/mol. The molecule has 0 aliphatic heterocycles. The standard InChI is InChI=1S/C40H35FN4O.Pt/c1-4-5-6-8-12-29-17-20-37-36(23-29)35-19-18-34(26-38(35)44(37)39-24-31(41)21-22-42-39)46-33-16-11-15-32(25-33)45-28(3)40(27(2)43-45)30-13-9-7-10-14-30;/h7,9-11,13-24H,4-6,8,12H2,1-3H3;/q-2;+2. The van der Waals surface area contributed by atoms with Crippen molar-refractivity contribution >= 4 is 21.8 Å². The molecule has 0 fully saturated rings. The minimum atomic E-state index is -0.342. The van der Waals surface area contributed by atoms with Gasteiger partial charge in [0.15, 0.2) is 0 Å². The first-order valence-corrected chi connectivity index (χ1v) is 15.9. The van der Waals surface area contributed by atoms with Crippen LogP contribution in [0.2, 0.25) is 0 Å². The fourth-order valence-electron chi connectivity index (χ4n) is 6.33. The Hall–Kier alpha value is -4.54. The van der Waals surface area contributed by atoms with E-state index in [1.165, 1.54) is 43.2 Å². The molecule has 0 saturated heterocycles. The van der Waals surface area contributed by atoms with Crippen molar-refractivity contribution in [3.05, 3.63) is 132 Å². The van der Waals surface area contributed by atoms with Crippen molar-refractivity contribution in [2.45, 2.75) is 52.9 Å². The zero-order valence-electron chi connectivity index (χ0n) is 26.7. The number of halogens is 1. The van der Waals surface area contributed by atoms with E-state index in [1.54, 1.807) is 0 Å². The second kappa shape index (κ2) is 14.1. The number of aromatic nitrogens is 4. The minimum absolute atomic E-state index is 0. The first-order valence-electron chi connectivity index (χ1n) is 15.9. The van der Waals surface area contributed by atoms with Crippen LogP contribution in [-0.4, -0.2) is 19.3 Å². The topological polar surface area (TPSA) is 44.9 Å². The van der Waals surface area contributed by atoms with E-state index in [-0.39, 0.29) is 26.9 Å². The fourth-order valence-corrected chi connectivity index (χ4v) is 6.33. The molecule has 238 valence electrons. The van der Waals surface area contributed by atoms with Crippen LogP contribution in [0.1, 0.15) is 49.6 Å². The summed E-state index contributed by atoms with van der Waals surface area (Å²) >= 11 is 0. The minimum Gasteiger partial charge on any atom is -0.509 e. The number of ether oxygens (including phenoxy) is 1. The van der Waals surface area contributed by atoms with Gasteiger partial charge >= 0.3 is 21.1 Å². The number of rotatable bonds is 10. The van der Waals surface area contributed by atoms with E-state index < -0.39 is 0 Å². The van der Waals surface area contributed by atoms with Gasteiger partial charge in [0, 0.05) is 40.5 Å². The largest absolute Gasteiger partial charge is 2.00 e. The number of benzene rings is 4. The first kappa shape index (κ1) is 32.4. The average molecular weight is 802 g/mol. The Morgan fingerprint density at radius 3 is 2.45 bits per heavy atom. The monoisotopic (exact) mass is 801 g/mol. The third-order valence-corrected chi connectivity index (χ3v) is 8.52. The average Bonchev–Trinajstić information content (AvgIpc) is 3.55. The number of fused-ring (bicyclic) bond motifs is 3. The summed E-state index contributed by atoms with van der Waals surface area (Å²) in [6.45, 7) is 6.33. The van der Waals surface area contributed by atoms with Gasteiger partial charge in [-0.25, -0.2) is 9.37 Å². The van der Waals surface area contributed by atoms with Crippen LogP contribution in [-0.2, 0) is 27.5 Å². The predicted molar refractivity (Wildman–Crippen MR) is 183 cm³/mol. The number of pyridine rings is 1. The molecule has 0 unspecified atom stereocenters. The van der Waals surface area contributed by atoms with Crippen LogP contribution in [0.25, 0.3) is 44.4 Å². The molecule has 0 amide bonds. The summed E-state index contributed by atoms with van der Waals surface area (Å²) in [7, 11) is 0. The number of unbranched alkanes of at least 4 members (excludes halogenated alkanes) is 3. The zero-order valence-corrected chi connectivity index (χ0v) is 28.9. The second-order valence-electron chi connectivity index (χ2n) is 11.7. The van der Waals surface area contributed by atoms with E-state index in [2.05, 4.69) is 67.4 Å². The first-order chi connectivity index (χ1) is 22.5. The number of hydrogen-bond acceptors (Lipinski definition) is 3. The maximum atomic E-state index is 14.4. The molecular formula is C40H35FN4OPt. The van der Waals surface area contributed by atoms with Crippen LogP contribution >= 0.6 is 0 Å². The summed E-state index contributed by atoms with van der Waals surface area (Å²) in [5.74, 6) is 1.23. The molecule has 7 rings (SSSR count). The van der Waals surface area contributed by atoms with Gasteiger partial charge in [-0.1, -0.05) is 74.2 Å². The molecule has 0 aliphatic carbocycles. The Bertz CT molecular complexity index is 2170. The third kappa shape index (κ3) is 6.53. The smallest absolute Gasteiger partial charge is 0.509 e. The van der Waals surface area contributed by atoms with E-state index in [0.717, 1.165) is 62.8 Å². The van der Waals surface area contributed by atoms with Crippen LogP contribution < -0.4 is 4.74 Å². The van der Waals surface area contributed by atoms with Crippen LogP contribution in [0, 0.1) is 31.8 Å². The zero-order chi connectivity index (χ0) is 31.6. The molecule has 0 radical (unpaired) electrons. The van der Waals surface area contributed by atoms with Gasteiger partial charge in [-0.15, -0.1) is 35.7 Å². The van der Waals surface area contributed by atoms with Crippen LogP contribution in [0.4, 0.5) is 4.39 Å². The number of hydrogen-bond donors (Lipinski definition) is 0. The Morgan fingerprint density at radius 2 is 1.64 bits per heavy atom. The summed E-state index contributed by atoms with van der Waals surface area (Å²) in [6.07, 6.45) is 7.37. The Kier molecular flexibility index (Phi) is 9.70. The number of nitrogens with zero attached hydrogens (tertiary/aromatic N) is 4. The number of aryl methyl sites for hydroxylation is 2. The molecule has 3 aromatic heterocycles. The summed E-state index contributed by atoms with van der Waals surface area (Å²) in [5.41, 5.74) is 8.02. The normalized spacial score (nSPS) is 11.2. The molecule has 0 bridgehead atoms. The molecule has 3 heterocycles. The van der Waals surface area contributed by atoms with Crippen molar-refractivity contribution in [3.63, 3.8) is 0 Å². The molecule has 5 nitrogen and oxygen atoms in total. The molecule has 7 aromatic rings. The summed E-state index contributed by atoms with van der Waals surface area (Å²) in [6, 6.07) is 36.3. The molecule has 47 heavy (non-hydrogen) atoms. The van der Waals surface area contributed by atoms with Gasteiger partial charge in [-0.2, -0.15) is 17.2 Å². The van der Waals surface area contributed by atoms with Gasteiger partial charge in [-0.3, -0.25) is 4.68 Å². The van der Waals surface area contributed by atoms with Gasteiger partial charge in [0.05, 0.1) is 5.69 Å². The van der Waals surface area contributed by atoms with E-state index in [0.29, 0.717) is 17.3 Å². The molecule has 0 spiro atoms. The SMILES string of the molecule is CCCCCCc1ccc2c(c1)c1ccc(Oc3[c-]c(-n4nc(C)c(-c5ccccc5)c4C)ccc3)[c-]c1n2-c1cc(F)ccn1.[Pt+2]. The molecule has 0 N–H and O–H groups in total. The van der Waals surface area contributed by atoms with Crippen molar-refractivity contribution in [1.82, 2.24) is 19.3 Å². The van der Waals surface area contributed by atoms with E-state index in [9.17, 15) is 4.39 Å². The van der Waals surface area contributed by atoms with Gasteiger partial charge < -0.3 is 9.30 Å². The molecule has 4 aromatic carbocycles. The van der Waals surface area contributed by atoms with Gasteiger partial charge in [-0.05, 0) is 61.0 Å². The van der Waals surface area contributed by atoms with Crippen molar-refractivity contribution in [2.75, 3.05) is 0 Å². The molecule has 0 aliphatic rings. The van der Waals surface area contributed by atoms with Gasteiger partial charge in [0.2, 0.25) is 0 Å². The van der Waals surface area contributed by atoms with Gasteiger partial charge in [0.1, 0.15) is 11.6 Å². The third-order valence-electron chi connectivity index (χ3n) is 8.52. The van der Waals surface area contributed by atoms with Crippen molar-refractivity contribution in [3.8, 4) is 34.1 Å². The van der Waals surface area contributed by atoms with E-state index >= 15 is 0 Å². The Balaban J connectivity index is 0.00000386. The molecule has 0 saturated carbocycles. The maximum absolute atomic E-state index is 14.4. The molecule has 7 heteroatoms. The van der Waals surface area contributed by atoms with Crippen LogP contribution in [0.3, 0.4) is 0 Å². The van der Waals surface area contributed by atoms with Crippen molar-refractivity contribution in [2.24, 2.45) is 0 Å². The second-order valence-corrected chi connectivity index (χ2v) is 11.7. The quantitative estimate of drug-likeness (QED) is 0.102. The van der Waals surface area contributed by atoms with Crippen LogP contribution in [0.5, 0.6) is 11.5 Å². The van der Waals surface area contributed by atoms with Crippen molar-refractivity contribution < 1.29 is 30.2 Å². The van der Waals surface area contributed by atoms with Gasteiger partial charge in [0.25, 0.3) is 0 Å². The maximum Gasteiger partial charge on any atom is 2.00 e. The van der Waals surface area contributed by atoms with E-state index in [4.69, 9.17) is 9.84 Å². The van der Waals surface area contributed by atoms with E-state index in [1.807, 2.05) is 58.6 Å². The summed E-state index contributed by atoms with van der Waals surface area (Å²) in [5, 5.41) is 6.94. The fraction of sp³-hybridized carbons (Fsp3) is 0.200. The van der Waals surface area contributed by atoms with Crippen LogP contribution in [0.15, 0.2) is 97.2 Å². The summed E-state index contributed by atoms with van der Waals surface area (Å²) in [4.78, 5) is 4.52. The Morgan fingerprint density at radius 1 is 0.809 bits per heavy atom. The van der Waals surface area contributed by atoms with Crippen molar-refractivity contribution in [1.29, 1.82) is 0 Å².